The van der Waals surface area contributed by atoms with E-state index < -0.39 is 6.10 Å². The van der Waals surface area contributed by atoms with Gasteiger partial charge in [0.25, 0.3) is 0 Å². The van der Waals surface area contributed by atoms with Crippen LogP contribution in [0.5, 0.6) is 0 Å². The Hall–Kier alpha value is -0.940. The molecule has 0 bridgehead atoms. The predicted molar refractivity (Wildman–Crippen MR) is 76.8 cm³/mol. The minimum absolute atomic E-state index is 0.350. The molecule has 4 heteroatoms. The average Bonchev–Trinajstić information content (AvgIpc) is 2.82. The molecule has 0 aliphatic carbocycles. The molecule has 0 saturated heterocycles. The Kier molecular flexibility index (Phi) is 7.60. The van der Waals surface area contributed by atoms with Crippen LogP contribution in [0.2, 0.25) is 0 Å². The summed E-state index contributed by atoms with van der Waals surface area (Å²) < 4.78 is 5.48. The summed E-state index contributed by atoms with van der Waals surface area (Å²) >= 11 is 1.66. The van der Waals surface area contributed by atoms with Gasteiger partial charge in [0.2, 0.25) is 0 Å². The normalized spacial score (nSPS) is 12.6. The first-order valence-electron chi connectivity index (χ1n) is 5.98. The van der Waals surface area contributed by atoms with Crippen molar-refractivity contribution in [2.75, 3.05) is 26.2 Å². The van der Waals surface area contributed by atoms with Gasteiger partial charge in [-0.2, -0.15) is 0 Å². The lowest BCUT2D eigenvalue weighted by molar-refractivity contribution is 0.0140. The van der Waals surface area contributed by atoms with E-state index in [1.807, 2.05) is 29.7 Å². The average molecular weight is 267 g/mol. The predicted octanol–water partition coefficient (Wildman–Crippen LogP) is 2.30. The van der Waals surface area contributed by atoms with Gasteiger partial charge in [0, 0.05) is 24.5 Å². The second-order valence-electron chi connectivity index (χ2n) is 4.04. The van der Waals surface area contributed by atoms with Crippen molar-refractivity contribution in [2.24, 2.45) is 0 Å². The van der Waals surface area contributed by atoms with Gasteiger partial charge in [0.15, 0.2) is 0 Å². The second-order valence-corrected chi connectivity index (χ2v) is 5.08. The smallest absolute Gasteiger partial charge is 0.0900 e. The molecule has 0 spiro atoms. The molecular formula is C14H21NO2S. The van der Waals surface area contributed by atoms with Crippen LogP contribution in [-0.4, -0.2) is 42.4 Å². The van der Waals surface area contributed by atoms with E-state index in [2.05, 4.69) is 18.1 Å². The van der Waals surface area contributed by atoms with Crippen LogP contribution >= 0.6 is 11.3 Å². The summed E-state index contributed by atoms with van der Waals surface area (Å²) in [6.07, 6.45) is 3.16. The number of thiophene rings is 1. The molecule has 0 aliphatic heterocycles. The maximum absolute atomic E-state index is 9.87. The zero-order valence-corrected chi connectivity index (χ0v) is 11.4. The lowest BCUT2D eigenvalue weighted by atomic mass is 10.3. The molecule has 0 amide bonds. The second kappa shape index (κ2) is 9.05. The van der Waals surface area contributed by atoms with E-state index in [4.69, 9.17) is 4.74 Å². The zero-order valence-electron chi connectivity index (χ0n) is 10.6. The number of ether oxygens (including phenoxy) is 1. The molecule has 1 heterocycles. The highest BCUT2D eigenvalue weighted by Crippen LogP contribution is 2.09. The zero-order chi connectivity index (χ0) is 13.2. The number of nitrogens with zero attached hydrogens (tertiary/aromatic N) is 1. The van der Waals surface area contributed by atoms with Gasteiger partial charge in [-0.1, -0.05) is 18.2 Å². The van der Waals surface area contributed by atoms with Crippen molar-refractivity contribution in [2.45, 2.75) is 12.7 Å². The maximum atomic E-state index is 9.87. The summed E-state index contributed by atoms with van der Waals surface area (Å²) in [5.74, 6) is 0. The van der Waals surface area contributed by atoms with Crippen LogP contribution in [0.4, 0.5) is 0 Å². The minimum Gasteiger partial charge on any atom is -0.389 e. The van der Waals surface area contributed by atoms with Crippen molar-refractivity contribution in [1.29, 1.82) is 0 Å². The Morgan fingerprint density at radius 3 is 2.67 bits per heavy atom. The third kappa shape index (κ3) is 6.12. The highest BCUT2D eigenvalue weighted by Gasteiger charge is 2.09. The van der Waals surface area contributed by atoms with Gasteiger partial charge in [-0.25, -0.2) is 0 Å². The van der Waals surface area contributed by atoms with Gasteiger partial charge in [0.1, 0.15) is 0 Å². The quantitative estimate of drug-likeness (QED) is 0.660. The highest BCUT2D eigenvalue weighted by atomic mass is 32.1. The molecule has 18 heavy (non-hydrogen) atoms. The van der Waals surface area contributed by atoms with Crippen molar-refractivity contribution in [3.63, 3.8) is 0 Å². The summed E-state index contributed by atoms with van der Waals surface area (Å²) in [5, 5.41) is 11.9. The summed E-state index contributed by atoms with van der Waals surface area (Å²) in [7, 11) is 0. The molecule has 1 aromatic heterocycles. The van der Waals surface area contributed by atoms with Crippen LogP contribution in [0, 0.1) is 0 Å². The summed E-state index contributed by atoms with van der Waals surface area (Å²) in [4.78, 5) is 3.25. The van der Waals surface area contributed by atoms with Crippen molar-refractivity contribution in [3.8, 4) is 0 Å². The molecule has 1 N–H and O–H groups in total. The van der Waals surface area contributed by atoms with Gasteiger partial charge >= 0.3 is 0 Å². The van der Waals surface area contributed by atoms with Gasteiger partial charge in [-0.05, 0) is 11.4 Å². The van der Waals surface area contributed by atoms with Crippen LogP contribution in [0.15, 0.2) is 42.8 Å². The van der Waals surface area contributed by atoms with Crippen LogP contribution in [0.3, 0.4) is 0 Å². The first-order chi connectivity index (χ1) is 8.76. The molecule has 0 saturated carbocycles. The number of hydrogen-bond donors (Lipinski definition) is 1. The lowest BCUT2D eigenvalue weighted by Gasteiger charge is -2.22. The van der Waals surface area contributed by atoms with Crippen molar-refractivity contribution < 1.29 is 9.84 Å². The third-order valence-electron chi connectivity index (χ3n) is 2.38. The Labute approximate surface area is 113 Å². The van der Waals surface area contributed by atoms with E-state index >= 15 is 0 Å². The number of aliphatic hydroxyl groups is 1. The largest absolute Gasteiger partial charge is 0.389 e. The lowest BCUT2D eigenvalue weighted by Crippen LogP contribution is -2.35. The number of rotatable bonds is 10. The molecule has 1 aromatic rings. The fourth-order valence-corrected chi connectivity index (χ4v) is 2.27. The van der Waals surface area contributed by atoms with Crippen LogP contribution in [0.1, 0.15) is 4.88 Å². The molecule has 0 aliphatic rings. The van der Waals surface area contributed by atoms with Gasteiger partial charge in [0.05, 0.1) is 19.3 Å². The molecular weight excluding hydrogens is 246 g/mol. The van der Waals surface area contributed by atoms with E-state index in [9.17, 15) is 5.11 Å². The molecule has 0 radical (unpaired) electrons. The van der Waals surface area contributed by atoms with E-state index in [-0.39, 0.29) is 0 Å². The van der Waals surface area contributed by atoms with Gasteiger partial charge < -0.3 is 9.84 Å². The Morgan fingerprint density at radius 2 is 2.11 bits per heavy atom. The van der Waals surface area contributed by atoms with Crippen LogP contribution in [-0.2, 0) is 11.3 Å². The standard InChI is InChI=1S/C14H21NO2S/c1-3-7-15(8-4-2)10-13(16)11-17-12-14-6-5-9-18-14/h3-6,9,13,16H,1-2,7-8,10-12H2/t13-/m0/s1. The van der Waals surface area contributed by atoms with Crippen molar-refractivity contribution >= 4 is 11.3 Å². The maximum Gasteiger partial charge on any atom is 0.0900 e. The molecule has 0 fully saturated rings. The molecule has 1 rings (SSSR count). The summed E-state index contributed by atoms with van der Waals surface area (Å²) in [6.45, 7) is 10.4. The topological polar surface area (TPSA) is 32.7 Å². The highest BCUT2D eigenvalue weighted by molar-refractivity contribution is 7.09. The molecule has 0 aromatic carbocycles. The van der Waals surface area contributed by atoms with Crippen LogP contribution < -0.4 is 0 Å². The molecule has 100 valence electrons. The Bertz CT molecular complexity index is 328. The minimum atomic E-state index is -0.482. The fraction of sp³-hybridized carbons (Fsp3) is 0.429. The molecule has 0 unspecified atom stereocenters. The molecule has 3 nitrogen and oxygen atoms in total. The van der Waals surface area contributed by atoms with Gasteiger partial charge in [-0.3, -0.25) is 4.90 Å². The van der Waals surface area contributed by atoms with Crippen molar-refractivity contribution in [3.05, 3.63) is 47.7 Å². The van der Waals surface area contributed by atoms with E-state index in [1.165, 1.54) is 4.88 Å². The van der Waals surface area contributed by atoms with E-state index in [0.717, 1.165) is 13.1 Å². The molecule has 1 atom stereocenters. The van der Waals surface area contributed by atoms with Crippen LogP contribution in [0.25, 0.3) is 0 Å². The first kappa shape index (κ1) is 15.1. The Balaban J connectivity index is 2.20. The summed E-state index contributed by atoms with van der Waals surface area (Å²) in [6, 6.07) is 4.02. The number of aliphatic hydroxyl groups excluding tert-OH is 1. The van der Waals surface area contributed by atoms with E-state index in [0.29, 0.717) is 19.8 Å². The SMILES string of the molecule is C=CCN(CC=C)C[C@H](O)COCc1cccs1. The number of hydrogen-bond acceptors (Lipinski definition) is 4. The van der Waals surface area contributed by atoms with E-state index in [1.54, 1.807) is 11.3 Å². The summed E-state index contributed by atoms with van der Waals surface area (Å²) in [5.41, 5.74) is 0. The third-order valence-corrected chi connectivity index (χ3v) is 3.23. The fourth-order valence-electron chi connectivity index (χ4n) is 1.63. The van der Waals surface area contributed by atoms with Crippen molar-refractivity contribution in [1.82, 2.24) is 4.90 Å². The monoisotopic (exact) mass is 267 g/mol. The Morgan fingerprint density at radius 1 is 1.39 bits per heavy atom. The first-order valence-corrected chi connectivity index (χ1v) is 6.86. The van der Waals surface area contributed by atoms with Gasteiger partial charge in [-0.15, -0.1) is 24.5 Å².